The molecule has 1 aromatic carbocycles. The van der Waals surface area contributed by atoms with E-state index in [0.29, 0.717) is 6.54 Å². The summed E-state index contributed by atoms with van der Waals surface area (Å²) >= 11 is 1.74. The fraction of sp³-hybridized carbons (Fsp3) is 0.429. The minimum atomic E-state index is -0.848. The van der Waals surface area contributed by atoms with Crippen molar-refractivity contribution in [3.8, 4) is 0 Å². The molecule has 1 rings (SSSR count). The van der Waals surface area contributed by atoms with E-state index in [-0.39, 0.29) is 5.69 Å². The van der Waals surface area contributed by atoms with Gasteiger partial charge in [-0.1, -0.05) is 6.07 Å². The summed E-state index contributed by atoms with van der Waals surface area (Å²) < 4.78 is 13.4. The monoisotopic (exact) mass is 298 g/mol. The fourth-order valence-electron chi connectivity index (χ4n) is 1.57. The molecule has 1 aromatic rings. The molecule has 0 aromatic heterocycles. The van der Waals surface area contributed by atoms with E-state index in [1.54, 1.807) is 24.8 Å². The standard InChI is InChI=1S/C14H19FN2O2S/c1-10-5-6-11(15)12(9-10)17-14(19)13(18)16-7-3-4-8-20-2/h5-6,9H,3-4,7-8H2,1-2H3,(H,16,18)(H,17,19). The summed E-state index contributed by atoms with van der Waals surface area (Å²) in [5.74, 6) is -1.12. The van der Waals surface area contributed by atoms with Crippen molar-refractivity contribution >= 4 is 29.3 Å². The van der Waals surface area contributed by atoms with Crippen LogP contribution in [-0.2, 0) is 9.59 Å². The van der Waals surface area contributed by atoms with Crippen LogP contribution in [0.15, 0.2) is 18.2 Å². The number of hydrogen-bond donors (Lipinski definition) is 2. The third-order valence-electron chi connectivity index (χ3n) is 2.64. The molecular weight excluding hydrogens is 279 g/mol. The molecule has 0 bridgehead atoms. The highest BCUT2D eigenvalue weighted by molar-refractivity contribution is 7.98. The largest absolute Gasteiger partial charge is 0.348 e. The lowest BCUT2D eigenvalue weighted by Crippen LogP contribution is -2.36. The second-order valence-electron chi connectivity index (χ2n) is 4.39. The van der Waals surface area contributed by atoms with Crippen LogP contribution in [-0.4, -0.2) is 30.4 Å². The number of amides is 2. The van der Waals surface area contributed by atoms with Crippen LogP contribution in [0.2, 0.25) is 0 Å². The number of unbranched alkanes of at least 4 members (excludes halogenated alkanes) is 1. The maximum Gasteiger partial charge on any atom is 0.313 e. The average molecular weight is 298 g/mol. The smallest absolute Gasteiger partial charge is 0.313 e. The van der Waals surface area contributed by atoms with Gasteiger partial charge in [0, 0.05) is 6.54 Å². The van der Waals surface area contributed by atoms with Gasteiger partial charge < -0.3 is 10.6 Å². The Hall–Kier alpha value is -1.56. The number of nitrogens with one attached hydrogen (secondary N) is 2. The molecule has 0 spiro atoms. The Bertz CT molecular complexity index is 480. The Kier molecular flexibility index (Phi) is 7.08. The molecule has 110 valence electrons. The molecule has 0 radical (unpaired) electrons. The predicted molar refractivity (Wildman–Crippen MR) is 80.4 cm³/mol. The number of benzene rings is 1. The number of halogens is 1. The van der Waals surface area contributed by atoms with E-state index in [1.165, 1.54) is 12.1 Å². The van der Waals surface area contributed by atoms with E-state index in [0.717, 1.165) is 24.2 Å². The van der Waals surface area contributed by atoms with Gasteiger partial charge in [-0.05, 0) is 49.5 Å². The van der Waals surface area contributed by atoms with E-state index in [1.807, 2.05) is 6.26 Å². The Morgan fingerprint density at radius 3 is 2.70 bits per heavy atom. The van der Waals surface area contributed by atoms with Crippen LogP contribution in [0, 0.1) is 12.7 Å². The lowest BCUT2D eigenvalue weighted by Gasteiger charge is -2.08. The molecule has 0 saturated carbocycles. The van der Waals surface area contributed by atoms with Gasteiger partial charge in [-0.25, -0.2) is 4.39 Å². The third kappa shape index (κ3) is 5.61. The van der Waals surface area contributed by atoms with Gasteiger partial charge in [-0.2, -0.15) is 11.8 Å². The second-order valence-corrected chi connectivity index (χ2v) is 5.38. The zero-order valence-corrected chi connectivity index (χ0v) is 12.5. The highest BCUT2D eigenvalue weighted by Crippen LogP contribution is 2.15. The molecule has 0 fully saturated rings. The van der Waals surface area contributed by atoms with Crippen molar-refractivity contribution in [2.24, 2.45) is 0 Å². The normalized spacial score (nSPS) is 10.2. The Morgan fingerprint density at radius 2 is 2.00 bits per heavy atom. The summed E-state index contributed by atoms with van der Waals surface area (Å²) in [6.07, 6.45) is 3.82. The number of rotatable bonds is 6. The minimum absolute atomic E-state index is 0.0209. The molecule has 2 N–H and O–H groups in total. The van der Waals surface area contributed by atoms with Crippen LogP contribution in [0.3, 0.4) is 0 Å². The molecule has 0 aliphatic rings. The van der Waals surface area contributed by atoms with Gasteiger partial charge >= 0.3 is 11.8 Å². The van der Waals surface area contributed by atoms with E-state index in [9.17, 15) is 14.0 Å². The molecule has 0 aliphatic carbocycles. The van der Waals surface area contributed by atoms with Gasteiger partial charge in [0.1, 0.15) is 5.82 Å². The van der Waals surface area contributed by atoms with Gasteiger partial charge in [-0.3, -0.25) is 9.59 Å². The van der Waals surface area contributed by atoms with Gasteiger partial charge in [0.2, 0.25) is 0 Å². The van der Waals surface area contributed by atoms with Crippen LogP contribution in [0.25, 0.3) is 0 Å². The molecular formula is C14H19FN2O2S. The van der Waals surface area contributed by atoms with Crippen molar-refractivity contribution < 1.29 is 14.0 Å². The average Bonchev–Trinajstić information content (AvgIpc) is 2.42. The Morgan fingerprint density at radius 1 is 1.25 bits per heavy atom. The number of thioether (sulfide) groups is 1. The van der Waals surface area contributed by atoms with E-state index in [4.69, 9.17) is 0 Å². The maximum absolute atomic E-state index is 13.4. The fourth-order valence-corrected chi connectivity index (χ4v) is 2.06. The number of hydrogen-bond acceptors (Lipinski definition) is 3. The van der Waals surface area contributed by atoms with Crippen molar-refractivity contribution in [1.82, 2.24) is 5.32 Å². The summed E-state index contributed by atoms with van der Waals surface area (Å²) in [5, 5.41) is 4.79. The first-order valence-corrected chi connectivity index (χ1v) is 7.78. The number of carbonyl (C=O) groups excluding carboxylic acids is 2. The van der Waals surface area contributed by atoms with Crippen LogP contribution >= 0.6 is 11.8 Å². The van der Waals surface area contributed by atoms with Gasteiger partial charge in [-0.15, -0.1) is 0 Å². The Balaban J connectivity index is 2.41. The van der Waals surface area contributed by atoms with Gasteiger partial charge in [0.15, 0.2) is 0 Å². The molecule has 6 heteroatoms. The highest BCUT2D eigenvalue weighted by atomic mass is 32.2. The molecule has 0 unspecified atom stereocenters. The predicted octanol–water partition coefficient (Wildman–Crippen LogP) is 2.33. The van der Waals surface area contributed by atoms with Gasteiger partial charge in [0.05, 0.1) is 5.69 Å². The third-order valence-corrected chi connectivity index (χ3v) is 3.33. The maximum atomic E-state index is 13.4. The molecule has 0 saturated heterocycles. The number of aryl methyl sites for hydroxylation is 1. The zero-order chi connectivity index (χ0) is 15.0. The minimum Gasteiger partial charge on any atom is -0.348 e. The summed E-state index contributed by atoms with van der Waals surface area (Å²) in [5.41, 5.74) is 0.826. The topological polar surface area (TPSA) is 58.2 Å². The SMILES string of the molecule is CSCCCCNC(=O)C(=O)Nc1cc(C)ccc1F. The molecule has 20 heavy (non-hydrogen) atoms. The summed E-state index contributed by atoms with van der Waals surface area (Å²) in [6.45, 7) is 2.23. The quantitative estimate of drug-likeness (QED) is 0.626. The highest BCUT2D eigenvalue weighted by Gasteiger charge is 2.14. The number of carbonyl (C=O) groups is 2. The zero-order valence-electron chi connectivity index (χ0n) is 11.7. The first-order chi connectivity index (χ1) is 9.54. The van der Waals surface area contributed by atoms with Crippen molar-refractivity contribution in [1.29, 1.82) is 0 Å². The number of anilines is 1. The van der Waals surface area contributed by atoms with Crippen LogP contribution in [0.4, 0.5) is 10.1 Å². The van der Waals surface area contributed by atoms with E-state index >= 15 is 0 Å². The molecule has 0 aliphatic heterocycles. The molecule has 0 heterocycles. The molecule has 0 atom stereocenters. The van der Waals surface area contributed by atoms with Crippen LogP contribution in [0.5, 0.6) is 0 Å². The Labute approximate surface area is 122 Å². The lowest BCUT2D eigenvalue weighted by atomic mass is 10.2. The summed E-state index contributed by atoms with van der Waals surface area (Å²) in [6, 6.07) is 4.33. The van der Waals surface area contributed by atoms with Crippen molar-refractivity contribution in [3.63, 3.8) is 0 Å². The second kappa shape index (κ2) is 8.58. The van der Waals surface area contributed by atoms with Crippen LogP contribution in [0.1, 0.15) is 18.4 Å². The first kappa shape index (κ1) is 16.5. The summed E-state index contributed by atoms with van der Waals surface area (Å²) in [4.78, 5) is 23.1. The van der Waals surface area contributed by atoms with Crippen molar-refractivity contribution in [2.75, 3.05) is 23.9 Å². The lowest BCUT2D eigenvalue weighted by molar-refractivity contribution is -0.136. The van der Waals surface area contributed by atoms with Crippen LogP contribution < -0.4 is 10.6 Å². The molecule has 4 nitrogen and oxygen atoms in total. The summed E-state index contributed by atoms with van der Waals surface area (Å²) in [7, 11) is 0. The van der Waals surface area contributed by atoms with E-state index in [2.05, 4.69) is 10.6 Å². The van der Waals surface area contributed by atoms with Crippen molar-refractivity contribution in [2.45, 2.75) is 19.8 Å². The molecule has 2 amide bonds. The van der Waals surface area contributed by atoms with Gasteiger partial charge in [0.25, 0.3) is 0 Å². The van der Waals surface area contributed by atoms with Crippen molar-refractivity contribution in [3.05, 3.63) is 29.6 Å². The van der Waals surface area contributed by atoms with E-state index < -0.39 is 17.6 Å². The first-order valence-electron chi connectivity index (χ1n) is 6.39.